The monoisotopic (exact) mass is 195 g/mol. The van der Waals surface area contributed by atoms with E-state index in [4.69, 9.17) is 9.47 Å². The largest absolute Gasteiger partial charge is 0.493 e. The topological polar surface area (TPSA) is 44.8 Å². The average Bonchev–Trinajstić information content (AvgIpc) is 2.26. The summed E-state index contributed by atoms with van der Waals surface area (Å²) in [5.41, 5.74) is 0. The van der Waals surface area contributed by atoms with Gasteiger partial charge in [0.2, 0.25) is 0 Å². The quantitative estimate of drug-likeness (QED) is 0.673. The zero-order chi connectivity index (χ0) is 10.4. The SMILES string of the molecule is COC(=O)COc1c[c]ccc1OC. The van der Waals surface area contributed by atoms with Gasteiger partial charge in [-0.1, -0.05) is 6.07 Å². The van der Waals surface area contributed by atoms with Crippen molar-refractivity contribution in [2.24, 2.45) is 0 Å². The van der Waals surface area contributed by atoms with Gasteiger partial charge in [0.15, 0.2) is 18.1 Å². The van der Waals surface area contributed by atoms with Crippen LogP contribution < -0.4 is 9.47 Å². The molecular formula is C10H11O4. The van der Waals surface area contributed by atoms with E-state index >= 15 is 0 Å². The van der Waals surface area contributed by atoms with Gasteiger partial charge in [0.25, 0.3) is 0 Å². The summed E-state index contributed by atoms with van der Waals surface area (Å²) in [6.07, 6.45) is 0. The van der Waals surface area contributed by atoms with Crippen LogP contribution in [0.5, 0.6) is 11.5 Å². The van der Waals surface area contributed by atoms with E-state index < -0.39 is 5.97 Å². The lowest BCUT2D eigenvalue weighted by atomic mass is 10.3. The van der Waals surface area contributed by atoms with Crippen LogP contribution in [0.25, 0.3) is 0 Å². The van der Waals surface area contributed by atoms with Gasteiger partial charge in [-0.05, 0) is 18.2 Å². The maximum Gasteiger partial charge on any atom is 0.343 e. The molecule has 0 saturated carbocycles. The van der Waals surface area contributed by atoms with Crippen LogP contribution in [0, 0.1) is 6.07 Å². The van der Waals surface area contributed by atoms with Crippen LogP contribution in [0.3, 0.4) is 0 Å². The van der Waals surface area contributed by atoms with Crippen molar-refractivity contribution in [1.82, 2.24) is 0 Å². The summed E-state index contributed by atoms with van der Waals surface area (Å²) in [5, 5.41) is 0. The van der Waals surface area contributed by atoms with Crippen molar-refractivity contribution in [3.05, 3.63) is 24.3 Å². The summed E-state index contributed by atoms with van der Waals surface area (Å²) in [6.45, 7) is -0.134. The minimum atomic E-state index is -0.434. The molecule has 1 aromatic rings. The second kappa shape index (κ2) is 5.11. The molecule has 1 rings (SSSR count). The van der Waals surface area contributed by atoms with E-state index in [1.165, 1.54) is 14.2 Å². The molecule has 0 fully saturated rings. The second-order valence-electron chi connectivity index (χ2n) is 2.44. The molecule has 0 atom stereocenters. The number of ether oxygens (including phenoxy) is 3. The van der Waals surface area contributed by atoms with Gasteiger partial charge in [0.1, 0.15) is 0 Å². The summed E-state index contributed by atoms with van der Waals surface area (Å²) in [7, 11) is 2.83. The van der Waals surface area contributed by atoms with Crippen molar-refractivity contribution in [3.63, 3.8) is 0 Å². The predicted molar refractivity (Wildman–Crippen MR) is 49.3 cm³/mol. The molecule has 0 N–H and O–H groups in total. The fraction of sp³-hybridized carbons (Fsp3) is 0.300. The number of carbonyl (C=O) groups is 1. The Bertz CT molecular complexity index is 309. The number of carbonyl (C=O) groups excluding carboxylic acids is 1. The number of esters is 1. The molecule has 0 aromatic heterocycles. The Labute approximate surface area is 82.4 Å². The van der Waals surface area contributed by atoms with Crippen molar-refractivity contribution in [2.75, 3.05) is 20.8 Å². The van der Waals surface area contributed by atoms with Gasteiger partial charge in [0, 0.05) is 0 Å². The number of methoxy groups -OCH3 is 2. The van der Waals surface area contributed by atoms with Gasteiger partial charge in [-0.25, -0.2) is 4.79 Å². The smallest absolute Gasteiger partial charge is 0.343 e. The Kier molecular flexibility index (Phi) is 3.79. The van der Waals surface area contributed by atoms with E-state index in [1.54, 1.807) is 18.2 Å². The summed E-state index contributed by atoms with van der Waals surface area (Å²) in [5.74, 6) is 0.601. The molecule has 0 spiro atoms. The zero-order valence-electron chi connectivity index (χ0n) is 8.07. The second-order valence-corrected chi connectivity index (χ2v) is 2.44. The third-order valence-corrected chi connectivity index (χ3v) is 1.58. The highest BCUT2D eigenvalue weighted by Crippen LogP contribution is 2.25. The fourth-order valence-corrected chi connectivity index (χ4v) is 0.878. The molecule has 1 radical (unpaired) electrons. The summed E-state index contributed by atoms with van der Waals surface area (Å²) < 4.78 is 14.6. The Hall–Kier alpha value is -1.71. The molecule has 0 saturated heterocycles. The number of benzene rings is 1. The third kappa shape index (κ3) is 2.65. The minimum Gasteiger partial charge on any atom is -0.493 e. The average molecular weight is 195 g/mol. The molecule has 0 bridgehead atoms. The van der Waals surface area contributed by atoms with Crippen LogP contribution in [0.4, 0.5) is 0 Å². The Balaban J connectivity index is 2.61. The van der Waals surface area contributed by atoms with Gasteiger partial charge < -0.3 is 14.2 Å². The van der Waals surface area contributed by atoms with Crippen LogP contribution >= 0.6 is 0 Å². The highest BCUT2D eigenvalue weighted by molar-refractivity contribution is 5.71. The van der Waals surface area contributed by atoms with Crippen LogP contribution in [0.2, 0.25) is 0 Å². The maximum absolute atomic E-state index is 10.8. The molecule has 75 valence electrons. The molecule has 0 aliphatic heterocycles. The van der Waals surface area contributed by atoms with E-state index in [-0.39, 0.29) is 6.61 Å². The van der Waals surface area contributed by atoms with Crippen molar-refractivity contribution in [2.45, 2.75) is 0 Å². The Morgan fingerprint density at radius 2 is 2.21 bits per heavy atom. The van der Waals surface area contributed by atoms with E-state index in [0.717, 1.165) is 0 Å². The van der Waals surface area contributed by atoms with Crippen molar-refractivity contribution in [1.29, 1.82) is 0 Å². The standard InChI is InChI=1S/C10H11O4/c1-12-8-5-3-4-6-9(8)14-7-10(11)13-2/h3,5-6H,7H2,1-2H3. The zero-order valence-corrected chi connectivity index (χ0v) is 8.07. The van der Waals surface area contributed by atoms with Crippen LogP contribution in [0.1, 0.15) is 0 Å². The molecule has 4 heteroatoms. The Morgan fingerprint density at radius 1 is 1.43 bits per heavy atom. The summed E-state index contributed by atoms with van der Waals surface area (Å²) in [4.78, 5) is 10.8. The van der Waals surface area contributed by atoms with Gasteiger partial charge in [-0.15, -0.1) is 0 Å². The highest BCUT2D eigenvalue weighted by Gasteiger charge is 2.05. The van der Waals surface area contributed by atoms with Crippen molar-refractivity contribution in [3.8, 4) is 11.5 Å². The molecule has 0 aliphatic rings. The van der Waals surface area contributed by atoms with E-state index in [0.29, 0.717) is 11.5 Å². The normalized spacial score (nSPS) is 9.29. The molecule has 0 amide bonds. The first kappa shape index (κ1) is 10.4. The Morgan fingerprint density at radius 3 is 2.86 bits per heavy atom. The number of rotatable bonds is 4. The number of hydrogen-bond donors (Lipinski definition) is 0. The van der Waals surface area contributed by atoms with Crippen molar-refractivity contribution >= 4 is 5.97 Å². The lowest BCUT2D eigenvalue weighted by molar-refractivity contribution is -0.142. The molecule has 1 aromatic carbocycles. The maximum atomic E-state index is 10.8. The predicted octanol–water partition coefficient (Wildman–Crippen LogP) is 1.05. The number of hydrogen-bond acceptors (Lipinski definition) is 4. The first-order valence-corrected chi connectivity index (χ1v) is 4.01. The van der Waals surface area contributed by atoms with Gasteiger partial charge in [-0.2, -0.15) is 0 Å². The molecule has 0 heterocycles. The highest BCUT2D eigenvalue weighted by atomic mass is 16.6. The van der Waals surface area contributed by atoms with Crippen LogP contribution in [-0.4, -0.2) is 26.8 Å². The van der Waals surface area contributed by atoms with Gasteiger partial charge >= 0.3 is 5.97 Å². The van der Waals surface area contributed by atoms with E-state index in [2.05, 4.69) is 10.8 Å². The van der Waals surface area contributed by atoms with Gasteiger partial charge in [-0.3, -0.25) is 0 Å². The fourth-order valence-electron chi connectivity index (χ4n) is 0.878. The molecule has 0 unspecified atom stereocenters. The van der Waals surface area contributed by atoms with E-state index in [1.807, 2.05) is 0 Å². The lowest BCUT2D eigenvalue weighted by Crippen LogP contribution is -2.12. The first-order chi connectivity index (χ1) is 6.77. The third-order valence-electron chi connectivity index (χ3n) is 1.58. The van der Waals surface area contributed by atoms with Crippen LogP contribution in [0.15, 0.2) is 18.2 Å². The molecule has 4 nitrogen and oxygen atoms in total. The minimum absolute atomic E-state index is 0.134. The van der Waals surface area contributed by atoms with Crippen molar-refractivity contribution < 1.29 is 19.0 Å². The summed E-state index contributed by atoms with van der Waals surface area (Å²) in [6, 6.07) is 7.82. The molecule has 14 heavy (non-hydrogen) atoms. The van der Waals surface area contributed by atoms with Gasteiger partial charge in [0.05, 0.1) is 14.2 Å². The summed E-state index contributed by atoms with van der Waals surface area (Å²) >= 11 is 0. The first-order valence-electron chi connectivity index (χ1n) is 4.01. The lowest BCUT2D eigenvalue weighted by Gasteiger charge is -2.08. The molecule has 0 aliphatic carbocycles. The van der Waals surface area contributed by atoms with Crippen LogP contribution in [-0.2, 0) is 9.53 Å². The molecular weight excluding hydrogens is 184 g/mol. The van der Waals surface area contributed by atoms with E-state index in [9.17, 15) is 4.79 Å².